The van der Waals surface area contributed by atoms with Crippen LogP contribution >= 0.6 is 0 Å². The molecule has 5 nitrogen and oxygen atoms in total. The lowest BCUT2D eigenvalue weighted by atomic mass is 9.83. The van der Waals surface area contributed by atoms with Gasteiger partial charge in [0.05, 0.1) is 23.0 Å². The minimum atomic E-state index is -3.06. The zero-order valence-electron chi connectivity index (χ0n) is 11.4. The van der Waals surface area contributed by atoms with Gasteiger partial charge in [-0.3, -0.25) is 4.79 Å². The monoisotopic (exact) mass is 278 g/mol. The van der Waals surface area contributed by atoms with Gasteiger partial charge < -0.3 is 9.84 Å². The Hall–Kier alpha value is -0.620. The molecule has 0 radical (unpaired) electrons. The highest BCUT2D eigenvalue weighted by Gasteiger charge is 2.44. The summed E-state index contributed by atoms with van der Waals surface area (Å²) in [6.07, 6.45) is 0.186. The standard InChI is InChI=1S/C12H22O5S/c1-9(10(13)17-11(2,3)4)12(14)5-7-18(15,16)8-6-12/h9,14H,5-8H2,1-4H3. The average molecular weight is 278 g/mol. The average Bonchev–Trinajstić information content (AvgIpc) is 2.19. The molecule has 1 unspecified atom stereocenters. The van der Waals surface area contributed by atoms with Crippen molar-refractivity contribution in [3.8, 4) is 0 Å². The SMILES string of the molecule is CC(C(=O)OC(C)(C)C)C1(O)CCS(=O)(=O)CC1. The number of rotatable bonds is 2. The fourth-order valence-corrected chi connectivity index (χ4v) is 3.47. The van der Waals surface area contributed by atoms with Gasteiger partial charge in [0, 0.05) is 0 Å². The summed E-state index contributed by atoms with van der Waals surface area (Å²) >= 11 is 0. The summed E-state index contributed by atoms with van der Waals surface area (Å²) in [5.41, 5.74) is -1.88. The van der Waals surface area contributed by atoms with E-state index in [9.17, 15) is 18.3 Å². The summed E-state index contributed by atoms with van der Waals surface area (Å²) in [5.74, 6) is -1.34. The van der Waals surface area contributed by atoms with Crippen LogP contribution in [0.15, 0.2) is 0 Å². The molecule has 1 rings (SSSR count). The van der Waals surface area contributed by atoms with E-state index >= 15 is 0 Å². The molecule has 0 aromatic heterocycles. The number of hydrogen-bond donors (Lipinski definition) is 1. The normalized spacial score (nSPS) is 24.3. The van der Waals surface area contributed by atoms with Crippen molar-refractivity contribution in [2.45, 2.75) is 51.7 Å². The third-order valence-electron chi connectivity index (χ3n) is 3.26. The van der Waals surface area contributed by atoms with Gasteiger partial charge in [0.25, 0.3) is 0 Å². The van der Waals surface area contributed by atoms with Crippen LogP contribution in [0, 0.1) is 5.92 Å². The number of hydrogen-bond acceptors (Lipinski definition) is 5. The second-order valence-corrected chi connectivity index (χ2v) is 8.31. The Labute approximate surface area is 108 Å². The van der Waals surface area contributed by atoms with Crippen molar-refractivity contribution >= 4 is 15.8 Å². The molecule has 0 amide bonds. The van der Waals surface area contributed by atoms with E-state index in [4.69, 9.17) is 4.74 Å². The maximum absolute atomic E-state index is 11.9. The number of carbonyl (C=O) groups excluding carboxylic acids is 1. The first-order valence-electron chi connectivity index (χ1n) is 6.11. The maximum atomic E-state index is 11.9. The second kappa shape index (κ2) is 4.81. The first-order chi connectivity index (χ1) is 7.95. The molecule has 0 aromatic carbocycles. The predicted octanol–water partition coefficient (Wildman–Crippen LogP) is 0.904. The maximum Gasteiger partial charge on any atom is 0.312 e. The Balaban J connectivity index is 2.72. The molecule has 1 N–H and O–H groups in total. The number of aliphatic hydroxyl groups is 1. The van der Waals surface area contributed by atoms with Crippen molar-refractivity contribution in [1.29, 1.82) is 0 Å². The van der Waals surface area contributed by atoms with Crippen LogP contribution in [0.3, 0.4) is 0 Å². The fourth-order valence-electron chi connectivity index (χ4n) is 1.93. The summed E-state index contributed by atoms with van der Waals surface area (Å²) in [5, 5.41) is 10.4. The van der Waals surface area contributed by atoms with Crippen molar-refractivity contribution in [2.75, 3.05) is 11.5 Å². The van der Waals surface area contributed by atoms with Gasteiger partial charge in [0.2, 0.25) is 0 Å². The van der Waals surface area contributed by atoms with Crippen LogP contribution < -0.4 is 0 Å². The Morgan fingerprint density at radius 3 is 2.11 bits per heavy atom. The molecule has 1 fully saturated rings. The quantitative estimate of drug-likeness (QED) is 0.759. The molecule has 18 heavy (non-hydrogen) atoms. The van der Waals surface area contributed by atoms with Crippen LogP contribution in [0.1, 0.15) is 40.5 Å². The first-order valence-corrected chi connectivity index (χ1v) is 7.93. The number of carbonyl (C=O) groups is 1. The topological polar surface area (TPSA) is 80.7 Å². The zero-order valence-corrected chi connectivity index (χ0v) is 12.2. The van der Waals surface area contributed by atoms with Crippen molar-refractivity contribution in [1.82, 2.24) is 0 Å². The molecule has 0 aliphatic carbocycles. The summed E-state index contributed by atoms with van der Waals surface area (Å²) < 4.78 is 27.9. The summed E-state index contributed by atoms with van der Waals surface area (Å²) in [4.78, 5) is 11.9. The Bertz CT molecular complexity index is 404. The van der Waals surface area contributed by atoms with E-state index in [-0.39, 0.29) is 24.3 Å². The van der Waals surface area contributed by atoms with Crippen molar-refractivity contribution < 1.29 is 23.1 Å². The van der Waals surface area contributed by atoms with Crippen LogP contribution in [-0.2, 0) is 19.4 Å². The van der Waals surface area contributed by atoms with Crippen LogP contribution in [0.4, 0.5) is 0 Å². The van der Waals surface area contributed by atoms with Crippen molar-refractivity contribution in [3.63, 3.8) is 0 Å². The van der Waals surface area contributed by atoms with E-state index in [1.807, 2.05) is 0 Å². The number of sulfone groups is 1. The number of ether oxygens (including phenoxy) is 1. The van der Waals surface area contributed by atoms with Gasteiger partial charge >= 0.3 is 5.97 Å². The third-order valence-corrected chi connectivity index (χ3v) is 4.91. The molecule has 0 spiro atoms. The molecule has 1 aliphatic heterocycles. The van der Waals surface area contributed by atoms with E-state index in [1.165, 1.54) is 0 Å². The fraction of sp³-hybridized carbons (Fsp3) is 0.917. The van der Waals surface area contributed by atoms with Gasteiger partial charge in [-0.25, -0.2) is 8.42 Å². The second-order valence-electron chi connectivity index (χ2n) is 6.01. The van der Waals surface area contributed by atoms with E-state index in [2.05, 4.69) is 0 Å². The van der Waals surface area contributed by atoms with E-state index < -0.39 is 32.9 Å². The van der Waals surface area contributed by atoms with Gasteiger partial charge in [-0.05, 0) is 40.5 Å². The van der Waals surface area contributed by atoms with Gasteiger partial charge in [-0.1, -0.05) is 0 Å². The lowest BCUT2D eigenvalue weighted by Gasteiger charge is -2.37. The smallest absolute Gasteiger partial charge is 0.312 e. The third kappa shape index (κ3) is 3.95. The van der Waals surface area contributed by atoms with Gasteiger partial charge in [-0.2, -0.15) is 0 Å². The Morgan fingerprint density at radius 1 is 1.28 bits per heavy atom. The van der Waals surface area contributed by atoms with Crippen LogP contribution in [0.5, 0.6) is 0 Å². The molecule has 0 saturated carbocycles. The highest BCUT2D eigenvalue weighted by molar-refractivity contribution is 7.91. The van der Waals surface area contributed by atoms with Crippen LogP contribution in [0.2, 0.25) is 0 Å². The highest BCUT2D eigenvalue weighted by atomic mass is 32.2. The highest BCUT2D eigenvalue weighted by Crippen LogP contribution is 2.32. The molecule has 0 aromatic rings. The zero-order chi connectivity index (χ0) is 14.2. The largest absolute Gasteiger partial charge is 0.460 e. The summed E-state index contributed by atoms with van der Waals surface area (Å²) in [7, 11) is -3.06. The lowest BCUT2D eigenvalue weighted by molar-refractivity contribution is -0.169. The summed E-state index contributed by atoms with van der Waals surface area (Å²) in [6, 6.07) is 0. The van der Waals surface area contributed by atoms with E-state index in [0.29, 0.717) is 0 Å². The minimum Gasteiger partial charge on any atom is -0.460 e. The molecular formula is C12H22O5S. The van der Waals surface area contributed by atoms with Crippen molar-refractivity contribution in [2.24, 2.45) is 5.92 Å². The molecule has 106 valence electrons. The molecular weight excluding hydrogens is 256 g/mol. The molecule has 1 heterocycles. The van der Waals surface area contributed by atoms with E-state index in [0.717, 1.165) is 0 Å². The van der Waals surface area contributed by atoms with Crippen molar-refractivity contribution in [3.05, 3.63) is 0 Å². The van der Waals surface area contributed by atoms with Crippen LogP contribution in [-0.4, -0.2) is 42.2 Å². The molecule has 1 saturated heterocycles. The predicted molar refractivity (Wildman–Crippen MR) is 67.8 cm³/mol. The van der Waals surface area contributed by atoms with Gasteiger partial charge in [0.1, 0.15) is 5.60 Å². The molecule has 1 atom stereocenters. The number of esters is 1. The lowest BCUT2D eigenvalue weighted by Crippen LogP contribution is -2.48. The van der Waals surface area contributed by atoms with Gasteiger partial charge in [-0.15, -0.1) is 0 Å². The Morgan fingerprint density at radius 2 is 1.72 bits per heavy atom. The first kappa shape index (κ1) is 15.4. The van der Waals surface area contributed by atoms with E-state index in [1.54, 1.807) is 27.7 Å². The molecule has 6 heteroatoms. The molecule has 0 bridgehead atoms. The summed E-state index contributed by atoms with van der Waals surface area (Å²) in [6.45, 7) is 6.86. The van der Waals surface area contributed by atoms with Crippen LogP contribution in [0.25, 0.3) is 0 Å². The van der Waals surface area contributed by atoms with Gasteiger partial charge in [0.15, 0.2) is 9.84 Å². The Kier molecular flexibility index (Phi) is 4.13. The molecule has 1 aliphatic rings. The minimum absolute atomic E-state index is 0.0728.